The Kier molecular flexibility index (Phi) is 4.29. The molecule has 0 radical (unpaired) electrons. The molecular formula is C13H21N3O2S. The van der Waals surface area contributed by atoms with E-state index in [-0.39, 0.29) is 11.2 Å². The Morgan fingerprint density at radius 3 is 2.89 bits per heavy atom. The van der Waals surface area contributed by atoms with Gasteiger partial charge in [0.1, 0.15) is 5.69 Å². The zero-order valence-corrected chi connectivity index (χ0v) is 12.2. The summed E-state index contributed by atoms with van der Waals surface area (Å²) in [5.74, 6) is -0.0994. The summed E-state index contributed by atoms with van der Waals surface area (Å²) in [4.78, 5) is 12.1. The molecule has 0 aromatic carbocycles. The van der Waals surface area contributed by atoms with Gasteiger partial charge in [0, 0.05) is 41.1 Å². The van der Waals surface area contributed by atoms with E-state index in [4.69, 9.17) is 5.73 Å². The van der Waals surface area contributed by atoms with Gasteiger partial charge in [0.25, 0.3) is 5.91 Å². The fourth-order valence-electron chi connectivity index (χ4n) is 1.98. The highest BCUT2D eigenvalue weighted by Gasteiger charge is 2.27. The van der Waals surface area contributed by atoms with Crippen molar-refractivity contribution in [2.75, 3.05) is 18.5 Å². The average Bonchev–Trinajstić information content (AvgIpc) is 3.12. The number of hydrogen-bond donors (Lipinski definition) is 2. The lowest BCUT2D eigenvalue weighted by Gasteiger charge is -2.10. The van der Waals surface area contributed by atoms with Gasteiger partial charge in [-0.25, -0.2) is 0 Å². The summed E-state index contributed by atoms with van der Waals surface area (Å²) < 4.78 is 13.2. The minimum Gasteiger partial charge on any atom is -0.397 e. The van der Waals surface area contributed by atoms with E-state index in [2.05, 4.69) is 5.32 Å². The summed E-state index contributed by atoms with van der Waals surface area (Å²) in [6.45, 7) is 2.46. The first kappa shape index (κ1) is 14.1. The standard InChI is InChI=1S/C13H21N3O2S/c1-9(19(2)18)5-6-15-13(17)12-7-10(14)8-16(12)11-3-4-11/h7-9,11H,3-6,14H2,1-2H3,(H,15,17). The van der Waals surface area contributed by atoms with Gasteiger partial charge in [-0.2, -0.15) is 0 Å². The van der Waals surface area contributed by atoms with Crippen LogP contribution in [0.1, 0.15) is 42.7 Å². The maximum Gasteiger partial charge on any atom is 0.267 e. The maximum absolute atomic E-state index is 12.1. The molecule has 0 aliphatic heterocycles. The average molecular weight is 283 g/mol. The monoisotopic (exact) mass is 283 g/mol. The molecule has 6 heteroatoms. The van der Waals surface area contributed by atoms with Crippen LogP contribution in [0.15, 0.2) is 12.3 Å². The second kappa shape index (κ2) is 5.77. The number of hydrogen-bond acceptors (Lipinski definition) is 3. The zero-order valence-electron chi connectivity index (χ0n) is 11.4. The molecule has 1 saturated carbocycles. The molecule has 1 aliphatic rings. The lowest BCUT2D eigenvalue weighted by atomic mass is 10.3. The van der Waals surface area contributed by atoms with E-state index in [0.29, 0.717) is 30.4 Å². The Bertz CT molecular complexity index is 494. The first-order chi connectivity index (χ1) is 8.99. The van der Waals surface area contributed by atoms with E-state index >= 15 is 0 Å². The molecule has 0 bridgehead atoms. The number of anilines is 1. The van der Waals surface area contributed by atoms with Gasteiger partial charge >= 0.3 is 0 Å². The molecule has 0 saturated heterocycles. The highest BCUT2D eigenvalue weighted by Crippen LogP contribution is 2.37. The Morgan fingerprint density at radius 1 is 1.63 bits per heavy atom. The van der Waals surface area contributed by atoms with Gasteiger partial charge in [-0.15, -0.1) is 0 Å². The Balaban J connectivity index is 1.91. The minimum absolute atomic E-state index is 0.0978. The van der Waals surface area contributed by atoms with E-state index < -0.39 is 10.8 Å². The van der Waals surface area contributed by atoms with Gasteiger partial charge in [-0.05, 0) is 25.3 Å². The number of rotatable bonds is 6. The van der Waals surface area contributed by atoms with Gasteiger partial charge in [0.15, 0.2) is 0 Å². The molecule has 1 fully saturated rings. The van der Waals surface area contributed by atoms with Crippen LogP contribution in [0.25, 0.3) is 0 Å². The van der Waals surface area contributed by atoms with Crippen molar-refractivity contribution < 1.29 is 9.00 Å². The lowest BCUT2D eigenvalue weighted by molar-refractivity contribution is 0.0944. The molecule has 19 heavy (non-hydrogen) atoms. The van der Waals surface area contributed by atoms with Gasteiger partial charge in [0.2, 0.25) is 0 Å². The van der Waals surface area contributed by atoms with Crippen molar-refractivity contribution in [2.24, 2.45) is 0 Å². The highest BCUT2D eigenvalue weighted by molar-refractivity contribution is 7.84. The van der Waals surface area contributed by atoms with Gasteiger partial charge in [-0.3, -0.25) is 9.00 Å². The zero-order chi connectivity index (χ0) is 14.0. The molecule has 1 heterocycles. The fraction of sp³-hybridized carbons (Fsp3) is 0.615. The van der Waals surface area contributed by atoms with Gasteiger partial charge < -0.3 is 15.6 Å². The van der Waals surface area contributed by atoms with Crippen LogP contribution in [0.5, 0.6) is 0 Å². The number of carbonyl (C=O) groups excluding carboxylic acids is 1. The quantitative estimate of drug-likeness (QED) is 0.826. The summed E-state index contributed by atoms with van der Waals surface area (Å²) in [6, 6.07) is 2.15. The molecule has 1 aromatic heterocycles. The first-order valence-corrected chi connectivity index (χ1v) is 8.19. The SMILES string of the molecule is CC(CCNC(=O)c1cc(N)cn1C1CC1)S(C)=O. The van der Waals surface area contributed by atoms with Crippen LogP contribution in [0, 0.1) is 0 Å². The van der Waals surface area contributed by atoms with Crippen LogP contribution < -0.4 is 11.1 Å². The number of nitrogens with zero attached hydrogens (tertiary/aromatic N) is 1. The van der Waals surface area contributed by atoms with E-state index in [9.17, 15) is 9.00 Å². The Morgan fingerprint density at radius 2 is 2.32 bits per heavy atom. The molecule has 0 spiro atoms. The van der Waals surface area contributed by atoms with Gasteiger partial charge in [-0.1, -0.05) is 6.92 Å². The van der Waals surface area contributed by atoms with Gasteiger partial charge in [0.05, 0.1) is 5.69 Å². The normalized spacial score (nSPS) is 18.0. The molecule has 1 aliphatic carbocycles. The van der Waals surface area contributed by atoms with E-state index in [1.165, 1.54) is 0 Å². The maximum atomic E-state index is 12.1. The fourth-order valence-corrected chi connectivity index (χ4v) is 2.43. The molecule has 2 rings (SSSR count). The van der Waals surface area contributed by atoms with Crippen molar-refractivity contribution in [3.8, 4) is 0 Å². The molecular weight excluding hydrogens is 262 g/mol. The third kappa shape index (κ3) is 3.59. The summed E-state index contributed by atoms with van der Waals surface area (Å²) >= 11 is 0. The topological polar surface area (TPSA) is 77.1 Å². The second-order valence-corrected chi connectivity index (χ2v) is 6.95. The Hall–Kier alpha value is -1.30. The summed E-state index contributed by atoms with van der Waals surface area (Å²) in [5.41, 5.74) is 7.01. The minimum atomic E-state index is -0.844. The predicted molar refractivity (Wildman–Crippen MR) is 77.6 cm³/mol. The molecule has 3 N–H and O–H groups in total. The number of carbonyl (C=O) groups is 1. The summed E-state index contributed by atoms with van der Waals surface area (Å²) in [6.07, 6.45) is 6.46. The molecule has 106 valence electrons. The van der Waals surface area contributed by atoms with Crippen LogP contribution in [-0.2, 0) is 10.8 Å². The predicted octanol–water partition coefficient (Wildman–Crippen LogP) is 1.29. The smallest absolute Gasteiger partial charge is 0.267 e. The van der Waals surface area contributed by atoms with Crippen molar-refractivity contribution in [2.45, 2.75) is 37.5 Å². The molecule has 2 atom stereocenters. The molecule has 1 aromatic rings. The number of amides is 1. The van der Waals surface area contributed by atoms with Crippen molar-refractivity contribution in [3.63, 3.8) is 0 Å². The van der Waals surface area contributed by atoms with E-state index in [0.717, 1.165) is 12.8 Å². The van der Waals surface area contributed by atoms with Crippen molar-refractivity contribution in [1.29, 1.82) is 0 Å². The van der Waals surface area contributed by atoms with Crippen LogP contribution in [0.3, 0.4) is 0 Å². The second-order valence-electron chi connectivity index (χ2n) is 5.15. The largest absolute Gasteiger partial charge is 0.397 e. The molecule has 1 amide bonds. The lowest BCUT2D eigenvalue weighted by Crippen LogP contribution is -2.29. The van der Waals surface area contributed by atoms with Crippen LogP contribution in [0.4, 0.5) is 5.69 Å². The number of nitrogens with two attached hydrogens (primary N) is 1. The number of nitrogen functional groups attached to an aromatic ring is 1. The van der Waals surface area contributed by atoms with Crippen molar-refractivity contribution in [1.82, 2.24) is 9.88 Å². The van der Waals surface area contributed by atoms with Crippen LogP contribution >= 0.6 is 0 Å². The molecule has 5 nitrogen and oxygen atoms in total. The number of nitrogens with one attached hydrogen (secondary N) is 1. The Labute approximate surface area is 116 Å². The third-order valence-electron chi connectivity index (χ3n) is 3.45. The number of aromatic nitrogens is 1. The highest BCUT2D eigenvalue weighted by atomic mass is 32.2. The van der Waals surface area contributed by atoms with Crippen LogP contribution in [0.2, 0.25) is 0 Å². The summed E-state index contributed by atoms with van der Waals surface area (Å²) in [5, 5.41) is 2.97. The third-order valence-corrected chi connectivity index (χ3v) is 4.81. The van der Waals surface area contributed by atoms with E-state index in [1.807, 2.05) is 17.7 Å². The van der Waals surface area contributed by atoms with E-state index in [1.54, 1.807) is 12.3 Å². The molecule has 2 unspecified atom stereocenters. The summed E-state index contributed by atoms with van der Waals surface area (Å²) in [7, 11) is -0.844. The van der Waals surface area contributed by atoms with Crippen molar-refractivity contribution in [3.05, 3.63) is 18.0 Å². The van der Waals surface area contributed by atoms with Crippen molar-refractivity contribution >= 4 is 22.4 Å². The van der Waals surface area contributed by atoms with Crippen LogP contribution in [-0.4, -0.2) is 32.7 Å². The first-order valence-electron chi connectivity index (χ1n) is 6.57.